The second kappa shape index (κ2) is 6.05. The van der Waals surface area contributed by atoms with E-state index in [2.05, 4.69) is 4.98 Å². The van der Waals surface area contributed by atoms with Crippen molar-refractivity contribution in [3.63, 3.8) is 0 Å². The topological polar surface area (TPSA) is 99.7 Å². The third-order valence-electron chi connectivity index (χ3n) is 2.39. The number of nitrogen functional groups attached to an aromatic ring is 1. The maximum absolute atomic E-state index is 10.8. The summed E-state index contributed by atoms with van der Waals surface area (Å²) in [4.78, 5) is 16.7. The molecule has 1 aromatic rings. The first kappa shape index (κ1) is 13.2. The first-order valence-corrected chi connectivity index (χ1v) is 5.45. The molecule has 0 unspecified atom stereocenters. The van der Waals surface area contributed by atoms with Gasteiger partial charge in [0.1, 0.15) is 0 Å². The Kier molecular flexibility index (Phi) is 4.71. The second-order valence-corrected chi connectivity index (χ2v) is 3.57. The summed E-state index contributed by atoms with van der Waals surface area (Å²) in [6.07, 6.45) is 0.590. The van der Waals surface area contributed by atoms with Crippen LogP contribution in [-0.2, 0) is 0 Å². The zero-order valence-corrected chi connectivity index (χ0v) is 9.76. The van der Waals surface area contributed by atoms with Crippen LogP contribution in [0.2, 0.25) is 0 Å². The highest BCUT2D eigenvalue weighted by Gasteiger charge is 2.13. The number of carboxylic acids is 1. The van der Waals surface area contributed by atoms with E-state index in [9.17, 15) is 4.79 Å². The number of nitrogens with zero attached hydrogens (tertiary/aromatic N) is 2. The number of rotatable bonds is 6. The number of hydrogen-bond donors (Lipinski definition) is 3. The number of aliphatic hydroxyl groups excluding tert-OH is 1. The van der Waals surface area contributed by atoms with E-state index in [-0.39, 0.29) is 12.3 Å². The van der Waals surface area contributed by atoms with Gasteiger partial charge in [0, 0.05) is 19.7 Å². The van der Waals surface area contributed by atoms with Crippen molar-refractivity contribution in [3.8, 4) is 0 Å². The normalized spacial score (nSPS) is 10.2. The van der Waals surface area contributed by atoms with Crippen LogP contribution < -0.4 is 10.6 Å². The SMILES string of the molecule is CCN(CCCO)c1nc(C(=O)O)ccc1N. The number of hydrogen-bond acceptors (Lipinski definition) is 5. The molecule has 0 aliphatic heterocycles. The Morgan fingerprint density at radius 2 is 2.24 bits per heavy atom. The Morgan fingerprint density at radius 1 is 1.53 bits per heavy atom. The Hall–Kier alpha value is -1.82. The van der Waals surface area contributed by atoms with Crippen LogP contribution in [0.3, 0.4) is 0 Å². The summed E-state index contributed by atoms with van der Waals surface area (Å²) in [6.45, 7) is 3.24. The number of nitrogens with two attached hydrogens (primary N) is 1. The van der Waals surface area contributed by atoms with Crippen molar-refractivity contribution in [2.45, 2.75) is 13.3 Å². The molecule has 94 valence electrons. The van der Waals surface area contributed by atoms with Gasteiger partial charge in [-0.3, -0.25) is 0 Å². The van der Waals surface area contributed by atoms with Crippen LogP contribution in [0.5, 0.6) is 0 Å². The van der Waals surface area contributed by atoms with E-state index < -0.39 is 5.97 Å². The van der Waals surface area contributed by atoms with Crippen LogP contribution in [0.4, 0.5) is 11.5 Å². The van der Waals surface area contributed by atoms with Crippen LogP contribution in [-0.4, -0.2) is 40.9 Å². The lowest BCUT2D eigenvalue weighted by Gasteiger charge is -2.23. The average molecular weight is 239 g/mol. The third kappa shape index (κ3) is 3.32. The van der Waals surface area contributed by atoms with Crippen molar-refractivity contribution < 1.29 is 15.0 Å². The maximum atomic E-state index is 10.8. The van der Waals surface area contributed by atoms with Crippen molar-refractivity contribution in [1.29, 1.82) is 0 Å². The summed E-state index contributed by atoms with van der Waals surface area (Å²) in [5.41, 5.74) is 6.19. The lowest BCUT2D eigenvalue weighted by Crippen LogP contribution is -2.27. The molecular formula is C11H17N3O3. The van der Waals surface area contributed by atoms with Gasteiger partial charge in [0.25, 0.3) is 0 Å². The van der Waals surface area contributed by atoms with Gasteiger partial charge in [0.05, 0.1) is 5.69 Å². The van der Waals surface area contributed by atoms with Crippen LogP contribution in [0, 0.1) is 0 Å². The van der Waals surface area contributed by atoms with Gasteiger partial charge in [-0.2, -0.15) is 0 Å². The molecule has 6 nitrogen and oxygen atoms in total. The van der Waals surface area contributed by atoms with E-state index in [4.69, 9.17) is 15.9 Å². The van der Waals surface area contributed by atoms with Gasteiger partial charge in [-0.1, -0.05) is 0 Å². The molecule has 1 aromatic heterocycles. The van der Waals surface area contributed by atoms with E-state index >= 15 is 0 Å². The number of pyridine rings is 1. The van der Waals surface area contributed by atoms with Crippen molar-refractivity contribution in [3.05, 3.63) is 17.8 Å². The molecule has 0 aromatic carbocycles. The molecule has 0 saturated carbocycles. The highest BCUT2D eigenvalue weighted by molar-refractivity contribution is 5.86. The predicted molar refractivity (Wildman–Crippen MR) is 65.2 cm³/mol. The standard InChI is InChI=1S/C11H17N3O3/c1-2-14(6-3-7-15)10-8(12)4-5-9(13-10)11(16)17/h4-5,15H,2-3,6-7,12H2,1H3,(H,16,17). The first-order valence-electron chi connectivity index (χ1n) is 5.45. The fourth-order valence-corrected chi connectivity index (χ4v) is 1.51. The maximum Gasteiger partial charge on any atom is 0.354 e. The van der Waals surface area contributed by atoms with Gasteiger partial charge in [-0.15, -0.1) is 0 Å². The molecule has 0 spiro atoms. The van der Waals surface area contributed by atoms with Crippen molar-refractivity contribution >= 4 is 17.5 Å². The quantitative estimate of drug-likeness (QED) is 0.671. The Balaban J connectivity index is 3.00. The first-order chi connectivity index (χ1) is 8.10. The van der Waals surface area contributed by atoms with Crippen LogP contribution in [0.15, 0.2) is 12.1 Å². The summed E-state index contributed by atoms with van der Waals surface area (Å²) in [5.74, 6) is -0.620. The lowest BCUT2D eigenvalue weighted by atomic mass is 10.3. The summed E-state index contributed by atoms with van der Waals surface area (Å²) in [7, 11) is 0. The molecule has 4 N–H and O–H groups in total. The van der Waals surface area contributed by atoms with Crippen molar-refractivity contribution in [1.82, 2.24) is 4.98 Å². The van der Waals surface area contributed by atoms with E-state index in [1.807, 2.05) is 11.8 Å². The minimum atomic E-state index is -1.08. The Morgan fingerprint density at radius 3 is 2.76 bits per heavy atom. The fraction of sp³-hybridized carbons (Fsp3) is 0.455. The zero-order chi connectivity index (χ0) is 12.8. The molecule has 17 heavy (non-hydrogen) atoms. The minimum Gasteiger partial charge on any atom is -0.477 e. The highest BCUT2D eigenvalue weighted by atomic mass is 16.4. The number of aliphatic hydroxyl groups is 1. The van der Waals surface area contributed by atoms with Crippen molar-refractivity contribution in [2.75, 3.05) is 30.3 Å². The van der Waals surface area contributed by atoms with E-state index in [0.717, 1.165) is 0 Å². The molecule has 1 rings (SSSR count). The molecule has 0 saturated heterocycles. The minimum absolute atomic E-state index is 0.0309. The highest BCUT2D eigenvalue weighted by Crippen LogP contribution is 2.20. The van der Waals surface area contributed by atoms with E-state index in [1.165, 1.54) is 12.1 Å². The second-order valence-electron chi connectivity index (χ2n) is 3.57. The Bertz CT molecular complexity index is 396. The van der Waals surface area contributed by atoms with Gasteiger partial charge in [0.15, 0.2) is 11.5 Å². The summed E-state index contributed by atoms with van der Waals surface area (Å²) < 4.78 is 0. The number of aromatic carboxylic acids is 1. The van der Waals surface area contributed by atoms with Crippen LogP contribution in [0.25, 0.3) is 0 Å². The Labute approximate surface area is 99.7 Å². The van der Waals surface area contributed by atoms with Gasteiger partial charge in [-0.05, 0) is 25.5 Å². The molecule has 6 heteroatoms. The number of carboxylic acid groups (broad SMARTS) is 1. The summed E-state index contributed by atoms with van der Waals surface area (Å²) in [5, 5.41) is 17.7. The molecule has 0 aliphatic rings. The molecule has 0 bridgehead atoms. The predicted octanol–water partition coefficient (Wildman–Crippen LogP) is 0.571. The monoisotopic (exact) mass is 239 g/mol. The lowest BCUT2D eigenvalue weighted by molar-refractivity contribution is 0.0690. The molecular weight excluding hydrogens is 222 g/mol. The van der Waals surface area contributed by atoms with Gasteiger partial charge < -0.3 is 20.8 Å². The molecule has 1 heterocycles. The zero-order valence-electron chi connectivity index (χ0n) is 9.76. The van der Waals surface area contributed by atoms with Crippen LogP contribution in [0.1, 0.15) is 23.8 Å². The van der Waals surface area contributed by atoms with Gasteiger partial charge in [-0.25, -0.2) is 9.78 Å². The van der Waals surface area contributed by atoms with Gasteiger partial charge >= 0.3 is 5.97 Å². The summed E-state index contributed by atoms with van der Waals surface area (Å²) in [6, 6.07) is 2.91. The largest absolute Gasteiger partial charge is 0.477 e. The van der Waals surface area contributed by atoms with Gasteiger partial charge in [0.2, 0.25) is 0 Å². The summed E-state index contributed by atoms with van der Waals surface area (Å²) >= 11 is 0. The molecule has 0 fully saturated rings. The fourth-order valence-electron chi connectivity index (χ4n) is 1.51. The molecule has 0 aliphatic carbocycles. The van der Waals surface area contributed by atoms with Crippen molar-refractivity contribution in [2.24, 2.45) is 0 Å². The number of anilines is 2. The number of carbonyl (C=O) groups is 1. The molecule has 0 radical (unpaired) electrons. The van der Waals surface area contributed by atoms with E-state index in [1.54, 1.807) is 0 Å². The smallest absolute Gasteiger partial charge is 0.354 e. The third-order valence-corrected chi connectivity index (χ3v) is 2.39. The number of aromatic nitrogens is 1. The van der Waals surface area contributed by atoms with Crippen LogP contribution >= 0.6 is 0 Å². The molecule has 0 amide bonds. The molecule has 0 atom stereocenters. The average Bonchev–Trinajstić information content (AvgIpc) is 2.31. The van der Waals surface area contributed by atoms with E-state index in [0.29, 0.717) is 31.0 Å².